The monoisotopic (exact) mass is 359 g/mol. The summed E-state index contributed by atoms with van der Waals surface area (Å²) in [6, 6.07) is 8.54. The van der Waals surface area contributed by atoms with E-state index in [1.165, 1.54) is 25.2 Å². The van der Waals surface area contributed by atoms with Crippen molar-refractivity contribution in [2.24, 2.45) is 7.05 Å². The van der Waals surface area contributed by atoms with Crippen molar-refractivity contribution in [3.05, 3.63) is 57.0 Å². The maximum atomic E-state index is 13.0. The van der Waals surface area contributed by atoms with E-state index in [9.17, 15) is 14.0 Å². The van der Waals surface area contributed by atoms with E-state index in [1.54, 1.807) is 0 Å². The SMILES string of the molecule is Cn1c(=O)cc(N2CC(N3CCN(c4ccc(F)cc4)CC3)C2)[nH]c1=O. The molecule has 2 saturated heterocycles. The van der Waals surface area contributed by atoms with Gasteiger partial charge >= 0.3 is 5.69 Å². The average molecular weight is 359 g/mol. The van der Waals surface area contributed by atoms with Crippen LogP contribution in [0.4, 0.5) is 15.9 Å². The molecule has 0 saturated carbocycles. The van der Waals surface area contributed by atoms with Crippen LogP contribution in [-0.2, 0) is 7.05 Å². The zero-order valence-electron chi connectivity index (χ0n) is 14.7. The molecule has 2 fully saturated rings. The van der Waals surface area contributed by atoms with E-state index in [0.717, 1.165) is 49.5 Å². The van der Waals surface area contributed by atoms with Crippen molar-refractivity contribution in [2.75, 3.05) is 49.1 Å². The molecule has 0 bridgehead atoms. The molecule has 8 heteroatoms. The molecule has 3 heterocycles. The van der Waals surface area contributed by atoms with Crippen molar-refractivity contribution in [3.8, 4) is 0 Å². The summed E-state index contributed by atoms with van der Waals surface area (Å²) >= 11 is 0. The van der Waals surface area contributed by atoms with Gasteiger partial charge in [-0.1, -0.05) is 0 Å². The minimum atomic E-state index is -0.385. The van der Waals surface area contributed by atoms with Gasteiger partial charge in [-0.25, -0.2) is 9.18 Å². The number of hydrogen-bond donors (Lipinski definition) is 1. The van der Waals surface area contributed by atoms with Gasteiger partial charge in [-0.2, -0.15) is 0 Å². The van der Waals surface area contributed by atoms with Gasteiger partial charge in [0, 0.05) is 64.1 Å². The van der Waals surface area contributed by atoms with Gasteiger partial charge in [0.1, 0.15) is 11.6 Å². The van der Waals surface area contributed by atoms with Crippen LogP contribution < -0.4 is 21.0 Å². The number of aromatic nitrogens is 2. The van der Waals surface area contributed by atoms with Gasteiger partial charge in [0.25, 0.3) is 5.56 Å². The fraction of sp³-hybridized carbons (Fsp3) is 0.444. The standard InChI is InChI=1S/C18H22FN5O2/c1-21-17(25)10-16(20-18(21)26)24-11-15(12-24)23-8-6-22(7-9-23)14-4-2-13(19)3-5-14/h2-5,10,15H,6-9,11-12H2,1H3,(H,20,26). The second kappa shape index (κ2) is 6.60. The summed E-state index contributed by atoms with van der Waals surface area (Å²) in [4.78, 5) is 33.0. The van der Waals surface area contributed by atoms with E-state index in [1.807, 2.05) is 17.0 Å². The predicted octanol–water partition coefficient (Wildman–Crippen LogP) is 0.224. The highest BCUT2D eigenvalue weighted by Crippen LogP contribution is 2.23. The largest absolute Gasteiger partial charge is 0.369 e. The fourth-order valence-electron chi connectivity index (χ4n) is 3.59. The number of nitrogens with one attached hydrogen (secondary N) is 1. The molecule has 2 aliphatic rings. The fourth-order valence-corrected chi connectivity index (χ4v) is 3.59. The van der Waals surface area contributed by atoms with Crippen molar-refractivity contribution in [1.29, 1.82) is 0 Å². The van der Waals surface area contributed by atoms with Gasteiger partial charge < -0.3 is 9.80 Å². The van der Waals surface area contributed by atoms with Gasteiger partial charge in [0.15, 0.2) is 0 Å². The zero-order valence-corrected chi connectivity index (χ0v) is 14.7. The molecule has 0 radical (unpaired) electrons. The third kappa shape index (κ3) is 3.12. The minimum absolute atomic E-state index is 0.212. The Labute approximate surface area is 150 Å². The lowest BCUT2D eigenvalue weighted by Gasteiger charge is -2.49. The Balaban J connectivity index is 1.32. The van der Waals surface area contributed by atoms with Crippen LogP contribution in [-0.4, -0.2) is 59.8 Å². The van der Waals surface area contributed by atoms with Gasteiger partial charge in [0.2, 0.25) is 0 Å². The molecule has 138 valence electrons. The summed E-state index contributed by atoms with van der Waals surface area (Å²) in [7, 11) is 1.46. The number of hydrogen-bond acceptors (Lipinski definition) is 5. The highest BCUT2D eigenvalue weighted by molar-refractivity contribution is 5.47. The van der Waals surface area contributed by atoms with Crippen molar-refractivity contribution >= 4 is 11.5 Å². The van der Waals surface area contributed by atoms with Crippen molar-refractivity contribution in [2.45, 2.75) is 6.04 Å². The molecule has 0 aliphatic carbocycles. The highest BCUT2D eigenvalue weighted by atomic mass is 19.1. The highest BCUT2D eigenvalue weighted by Gasteiger charge is 2.34. The Morgan fingerprint density at radius 3 is 2.27 bits per heavy atom. The van der Waals surface area contributed by atoms with E-state index in [-0.39, 0.29) is 17.1 Å². The number of nitrogens with zero attached hydrogens (tertiary/aromatic N) is 4. The van der Waals surface area contributed by atoms with Crippen molar-refractivity contribution in [1.82, 2.24) is 14.5 Å². The van der Waals surface area contributed by atoms with Crippen molar-refractivity contribution in [3.63, 3.8) is 0 Å². The maximum Gasteiger partial charge on any atom is 0.329 e. The van der Waals surface area contributed by atoms with E-state index in [2.05, 4.69) is 14.8 Å². The number of aromatic amines is 1. The predicted molar refractivity (Wildman–Crippen MR) is 98.5 cm³/mol. The molecule has 7 nitrogen and oxygen atoms in total. The molecule has 1 aromatic carbocycles. The molecular formula is C18H22FN5O2. The van der Waals surface area contributed by atoms with Gasteiger partial charge in [-0.05, 0) is 24.3 Å². The molecule has 0 amide bonds. The molecule has 26 heavy (non-hydrogen) atoms. The lowest BCUT2D eigenvalue weighted by atomic mass is 10.1. The summed E-state index contributed by atoms with van der Waals surface area (Å²) in [5.41, 5.74) is 0.378. The molecule has 4 rings (SSSR count). The van der Waals surface area contributed by atoms with Crippen LogP contribution in [0.1, 0.15) is 0 Å². The topological polar surface area (TPSA) is 64.6 Å². The van der Waals surface area contributed by atoms with Crippen molar-refractivity contribution < 1.29 is 4.39 Å². The molecule has 0 atom stereocenters. The summed E-state index contributed by atoms with van der Waals surface area (Å²) in [5.74, 6) is 0.384. The number of benzene rings is 1. The first-order valence-electron chi connectivity index (χ1n) is 8.81. The lowest BCUT2D eigenvalue weighted by Crippen LogP contribution is -2.63. The van der Waals surface area contributed by atoms with E-state index in [4.69, 9.17) is 0 Å². The van der Waals surface area contributed by atoms with E-state index >= 15 is 0 Å². The molecule has 0 unspecified atom stereocenters. The first-order valence-corrected chi connectivity index (χ1v) is 8.81. The normalized spacial score (nSPS) is 18.8. The number of halogens is 1. The Kier molecular flexibility index (Phi) is 4.28. The quantitative estimate of drug-likeness (QED) is 0.850. The van der Waals surface area contributed by atoms with Crippen LogP contribution >= 0.6 is 0 Å². The van der Waals surface area contributed by atoms with Gasteiger partial charge in [-0.3, -0.25) is 19.2 Å². The van der Waals surface area contributed by atoms with E-state index in [0.29, 0.717) is 11.9 Å². The third-order valence-corrected chi connectivity index (χ3v) is 5.36. The Hall–Kier alpha value is -2.61. The zero-order chi connectivity index (χ0) is 18.3. The molecule has 2 aliphatic heterocycles. The molecular weight excluding hydrogens is 337 g/mol. The molecule has 1 aromatic heterocycles. The smallest absolute Gasteiger partial charge is 0.329 e. The second-order valence-electron chi connectivity index (χ2n) is 6.92. The summed E-state index contributed by atoms with van der Waals surface area (Å²) in [6.45, 7) is 5.32. The van der Waals surface area contributed by atoms with Crippen LogP contribution in [0.25, 0.3) is 0 Å². The van der Waals surface area contributed by atoms with E-state index < -0.39 is 0 Å². The number of rotatable bonds is 3. The van der Waals surface area contributed by atoms with Crippen LogP contribution in [0.5, 0.6) is 0 Å². The van der Waals surface area contributed by atoms with Gasteiger partial charge in [0.05, 0.1) is 0 Å². The van der Waals surface area contributed by atoms with Crippen LogP contribution in [0.2, 0.25) is 0 Å². The summed E-state index contributed by atoms with van der Waals surface area (Å²) in [6.07, 6.45) is 0. The first-order chi connectivity index (χ1) is 12.5. The first kappa shape index (κ1) is 16.8. The second-order valence-corrected chi connectivity index (χ2v) is 6.92. The van der Waals surface area contributed by atoms with Crippen LogP contribution in [0.3, 0.4) is 0 Å². The maximum absolute atomic E-state index is 13.0. The van der Waals surface area contributed by atoms with Crippen LogP contribution in [0.15, 0.2) is 39.9 Å². The molecule has 2 aromatic rings. The van der Waals surface area contributed by atoms with Crippen LogP contribution in [0, 0.1) is 5.82 Å². The molecule has 0 spiro atoms. The number of anilines is 2. The Morgan fingerprint density at radius 2 is 1.65 bits per heavy atom. The Bertz CT molecular complexity index is 862. The molecule has 1 N–H and O–H groups in total. The lowest BCUT2D eigenvalue weighted by molar-refractivity contribution is 0.156. The number of piperazine rings is 1. The average Bonchev–Trinajstić information content (AvgIpc) is 2.60. The Morgan fingerprint density at radius 1 is 1.00 bits per heavy atom. The third-order valence-electron chi connectivity index (χ3n) is 5.36. The number of H-pyrrole nitrogens is 1. The minimum Gasteiger partial charge on any atom is -0.369 e. The summed E-state index contributed by atoms with van der Waals surface area (Å²) < 4.78 is 14.1. The summed E-state index contributed by atoms with van der Waals surface area (Å²) in [5, 5.41) is 0. The van der Waals surface area contributed by atoms with Gasteiger partial charge in [-0.15, -0.1) is 0 Å².